The SMILES string of the molecule is O=C(O)c1ccc(-n2ccc(C3CC3)n2)c(F)c1. The van der Waals surface area contributed by atoms with Crippen molar-refractivity contribution in [1.82, 2.24) is 9.78 Å². The number of hydrogen-bond donors (Lipinski definition) is 1. The third kappa shape index (κ3) is 1.88. The van der Waals surface area contributed by atoms with Crippen LogP contribution >= 0.6 is 0 Å². The Labute approximate surface area is 103 Å². The number of rotatable bonds is 3. The second-order valence-electron chi connectivity index (χ2n) is 4.43. The summed E-state index contributed by atoms with van der Waals surface area (Å²) in [5.74, 6) is -1.22. The molecule has 3 rings (SSSR count). The molecule has 1 N–H and O–H groups in total. The largest absolute Gasteiger partial charge is 0.478 e. The molecule has 0 bridgehead atoms. The molecular formula is C13H11FN2O2. The summed E-state index contributed by atoms with van der Waals surface area (Å²) in [6.07, 6.45) is 3.97. The highest BCUT2D eigenvalue weighted by molar-refractivity contribution is 5.87. The number of carboxylic acid groups (broad SMARTS) is 1. The minimum absolute atomic E-state index is 0.0641. The summed E-state index contributed by atoms with van der Waals surface area (Å²) in [6, 6.07) is 5.69. The van der Waals surface area contributed by atoms with Crippen LogP contribution in [0.3, 0.4) is 0 Å². The van der Waals surface area contributed by atoms with Gasteiger partial charge in [0.2, 0.25) is 0 Å². The Hall–Kier alpha value is -2.17. The summed E-state index contributed by atoms with van der Waals surface area (Å²) in [5.41, 5.74) is 1.18. The zero-order valence-electron chi connectivity index (χ0n) is 9.51. The minimum Gasteiger partial charge on any atom is -0.478 e. The van der Waals surface area contributed by atoms with Gasteiger partial charge in [-0.3, -0.25) is 0 Å². The molecule has 0 radical (unpaired) electrons. The molecule has 1 aliphatic rings. The van der Waals surface area contributed by atoms with Gasteiger partial charge < -0.3 is 5.11 Å². The monoisotopic (exact) mass is 246 g/mol. The average molecular weight is 246 g/mol. The van der Waals surface area contributed by atoms with E-state index in [1.165, 1.54) is 16.8 Å². The van der Waals surface area contributed by atoms with E-state index in [4.69, 9.17) is 5.11 Å². The van der Waals surface area contributed by atoms with Crippen LogP contribution in [0.4, 0.5) is 4.39 Å². The predicted molar refractivity (Wildman–Crippen MR) is 62.5 cm³/mol. The molecule has 4 nitrogen and oxygen atoms in total. The average Bonchev–Trinajstić information content (AvgIpc) is 3.08. The highest BCUT2D eigenvalue weighted by Gasteiger charge is 2.26. The number of carbonyl (C=O) groups is 1. The van der Waals surface area contributed by atoms with Gasteiger partial charge in [-0.1, -0.05) is 0 Å². The summed E-state index contributed by atoms with van der Waals surface area (Å²) in [7, 11) is 0. The number of halogens is 1. The molecular weight excluding hydrogens is 235 g/mol. The summed E-state index contributed by atoms with van der Waals surface area (Å²) < 4.78 is 15.3. The van der Waals surface area contributed by atoms with Crippen molar-refractivity contribution in [2.75, 3.05) is 0 Å². The Morgan fingerprint density at radius 3 is 2.78 bits per heavy atom. The first-order valence-electron chi connectivity index (χ1n) is 5.74. The molecule has 0 aliphatic heterocycles. The van der Waals surface area contributed by atoms with Crippen LogP contribution in [0.2, 0.25) is 0 Å². The lowest BCUT2D eigenvalue weighted by atomic mass is 10.2. The first kappa shape index (κ1) is 11.0. The molecule has 0 unspecified atom stereocenters. The highest BCUT2D eigenvalue weighted by Crippen LogP contribution is 2.39. The third-order valence-corrected chi connectivity index (χ3v) is 3.05. The van der Waals surface area contributed by atoms with E-state index >= 15 is 0 Å². The van der Waals surface area contributed by atoms with Gasteiger partial charge in [-0.2, -0.15) is 5.10 Å². The van der Waals surface area contributed by atoms with E-state index in [-0.39, 0.29) is 11.3 Å². The van der Waals surface area contributed by atoms with Gasteiger partial charge in [0.25, 0.3) is 0 Å². The van der Waals surface area contributed by atoms with Crippen molar-refractivity contribution in [3.05, 3.63) is 47.5 Å². The van der Waals surface area contributed by atoms with Crippen molar-refractivity contribution >= 4 is 5.97 Å². The second kappa shape index (κ2) is 3.94. The summed E-state index contributed by atoms with van der Waals surface area (Å²) in [5, 5.41) is 13.1. The molecule has 2 aromatic rings. The van der Waals surface area contributed by atoms with Gasteiger partial charge in [0.1, 0.15) is 11.5 Å². The lowest BCUT2D eigenvalue weighted by Gasteiger charge is -2.04. The maximum atomic E-state index is 13.8. The molecule has 1 aromatic carbocycles. The quantitative estimate of drug-likeness (QED) is 0.905. The molecule has 0 spiro atoms. The number of aromatic nitrogens is 2. The fraction of sp³-hybridized carbons (Fsp3) is 0.231. The van der Waals surface area contributed by atoms with Gasteiger partial charge >= 0.3 is 5.97 Å². The Kier molecular flexibility index (Phi) is 2.40. The normalized spacial score (nSPS) is 14.7. The standard InChI is InChI=1S/C13H11FN2O2/c14-10-7-9(13(17)18)3-4-12(10)16-6-5-11(15-16)8-1-2-8/h3-8H,1-2H2,(H,17,18). The van der Waals surface area contributed by atoms with E-state index in [1.54, 1.807) is 6.20 Å². The maximum absolute atomic E-state index is 13.8. The summed E-state index contributed by atoms with van der Waals surface area (Å²) >= 11 is 0. The molecule has 92 valence electrons. The lowest BCUT2D eigenvalue weighted by Crippen LogP contribution is -2.03. The lowest BCUT2D eigenvalue weighted by molar-refractivity contribution is 0.0696. The molecule has 1 aliphatic carbocycles. The third-order valence-electron chi connectivity index (χ3n) is 3.05. The van der Waals surface area contributed by atoms with E-state index in [0.29, 0.717) is 5.92 Å². The fourth-order valence-electron chi connectivity index (χ4n) is 1.89. The molecule has 1 aromatic heterocycles. The summed E-state index contributed by atoms with van der Waals surface area (Å²) in [6.45, 7) is 0. The van der Waals surface area contributed by atoms with Crippen LogP contribution in [-0.2, 0) is 0 Å². The number of aromatic carboxylic acids is 1. The first-order chi connectivity index (χ1) is 8.65. The highest BCUT2D eigenvalue weighted by atomic mass is 19.1. The smallest absolute Gasteiger partial charge is 0.335 e. The number of carboxylic acids is 1. The van der Waals surface area contributed by atoms with Crippen molar-refractivity contribution in [2.24, 2.45) is 0 Å². The summed E-state index contributed by atoms with van der Waals surface area (Å²) in [4.78, 5) is 10.7. The van der Waals surface area contributed by atoms with E-state index in [2.05, 4.69) is 5.10 Å². The number of hydrogen-bond acceptors (Lipinski definition) is 2. The number of benzene rings is 1. The van der Waals surface area contributed by atoms with Gasteiger partial charge in [-0.25, -0.2) is 13.9 Å². The zero-order chi connectivity index (χ0) is 12.7. The van der Waals surface area contributed by atoms with Crippen LogP contribution in [0.1, 0.15) is 34.8 Å². The number of nitrogens with zero attached hydrogens (tertiary/aromatic N) is 2. The molecule has 0 saturated heterocycles. The van der Waals surface area contributed by atoms with Crippen molar-refractivity contribution in [3.63, 3.8) is 0 Å². The van der Waals surface area contributed by atoms with E-state index in [9.17, 15) is 9.18 Å². The van der Waals surface area contributed by atoms with Gasteiger partial charge in [0.05, 0.1) is 11.3 Å². The van der Waals surface area contributed by atoms with E-state index < -0.39 is 11.8 Å². The Morgan fingerprint density at radius 2 is 2.17 bits per heavy atom. The van der Waals surface area contributed by atoms with Crippen LogP contribution in [0, 0.1) is 5.82 Å². The van der Waals surface area contributed by atoms with Crippen molar-refractivity contribution in [1.29, 1.82) is 0 Å². The molecule has 18 heavy (non-hydrogen) atoms. The van der Waals surface area contributed by atoms with Crippen LogP contribution in [-0.4, -0.2) is 20.9 Å². The van der Waals surface area contributed by atoms with Crippen molar-refractivity contribution in [2.45, 2.75) is 18.8 Å². The van der Waals surface area contributed by atoms with Crippen molar-refractivity contribution < 1.29 is 14.3 Å². The van der Waals surface area contributed by atoms with Gasteiger partial charge in [-0.05, 0) is 37.1 Å². The molecule has 1 saturated carbocycles. The Morgan fingerprint density at radius 1 is 1.39 bits per heavy atom. The predicted octanol–water partition coefficient (Wildman–Crippen LogP) is 2.59. The maximum Gasteiger partial charge on any atom is 0.335 e. The second-order valence-corrected chi connectivity index (χ2v) is 4.43. The fourth-order valence-corrected chi connectivity index (χ4v) is 1.89. The van der Waals surface area contributed by atoms with Crippen LogP contribution in [0.15, 0.2) is 30.5 Å². The van der Waals surface area contributed by atoms with Gasteiger partial charge in [-0.15, -0.1) is 0 Å². The Balaban J connectivity index is 1.97. The molecule has 0 amide bonds. The first-order valence-corrected chi connectivity index (χ1v) is 5.74. The van der Waals surface area contributed by atoms with Gasteiger partial charge in [0.15, 0.2) is 0 Å². The van der Waals surface area contributed by atoms with Crippen LogP contribution < -0.4 is 0 Å². The van der Waals surface area contributed by atoms with E-state index in [0.717, 1.165) is 24.6 Å². The van der Waals surface area contributed by atoms with Crippen molar-refractivity contribution in [3.8, 4) is 5.69 Å². The van der Waals surface area contributed by atoms with Gasteiger partial charge in [0, 0.05) is 12.1 Å². The minimum atomic E-state index is -1.14. The topological polar surface area (TPSA) is 55.1 Å². The van der Waals surface area contributed by atoms with Crippen LogP contribution in [0.5, 0.6) is 0 Å². The molecule has 5 heteroatoms. The molecule has 1 fully saturated rings. The molecule has 1 heterocycles. The van der Waals surface area contributed by atoms with E-state index in [1.807, 2.05) is 6.07 Å². The van der Waals surface area contributed by atoms with Crippen LogP contribution in [0.25, 0.3) is 5.69 Å². The Bertz CT molecular complexity index is 617. The zero-order valence-corrected chi connectivity index (χ0v) is 9.51. The molecule has 0 atom stereocenters.